The number of rotatable bonds is 10. The molecule has 0 unspecified atom stereocenters. The fraction of sp³-hybridized carbons (Fsp3) is 1.00. The van der Waals surface area contributed by atoms with Gasteiger partial charge in [0, 0.05) is 23.5 Å². The Bertz CT molecular complexity index is 194. The van der Waals surface area contributed by atoms with Gasteiger partial charge in [0.25, 0.3) is 0 Å². The fourth-order valence-electron chi connectivity index (χ4n) is 2.95. The van der Waals surface area contributed by atoms with Crippen LogP contribution in [0.4, 0.5) is 0 Å². The van der Waals surface area contributed by atoms with E-state index in [0.29, 0.717) is 4.79 Å². The summed E-state index contributed by atoms with van der Waals surface area (Å²) >= 11 is 0. The molecule has 0 aromatic carbocycles. The molecule has 0 rings (SSSR count). The molecular formula is C13H31O2Si3. The van der Waals surface area contributed by atoms with Crippen molar-refractivity contribution < 1.29 is 8.85 Å². The monoisotopic (exact) mass is 303 g/mol. The van der Waals surface area contributed by atoms with E-state index in [4.69, 9.17) is 8.85 Å². The van der Waals surface area contributed by atoms with Gasteiger partial charge in [-0.15, -0.1) is 0 Å². The lowest BCUT2D eigenvalue weighted by Gasteiger charge is -2.45. The third-order valence-electron chi connectivity index (χ3n) is 4.31. The van der Waals surface area contributed by atoms with Gasteiger partial charge in [-0.05, 0) is 42.8 Å². The molecular weight excluding hydrogens is 272 g/mol. The van der Waals surface area contributed by atoms with E-state index in [1.807, 2.05) is 0 Å². The molecule has 0 fully saturated rings. The van der Waals surface area contributed by atoms with E-state index in [1.54, 1.807) is 0 Å². The van der Waals surface area contributed by atoms with E-state index in [-0.39, 0.29) is 0 Å². The first-order valence-electron chi connectivity index (χ1n) is 7.51. The minimum Gasteiger partial charge on any atom is -0.417 e. The zero-order valence-electron chi connectivity index (χ0n) is 13.1. The average Bonchev–Trinajstić information content (AvgIpc) is 2.42. The van der Waals surface area contributed by atoms with E-state index in [0.717, 1.165) is 13.2 Å². The van der Waals surface area contributed by atoms with Gasteiger partial charge in [-0.1, -0.05) is 27.7 Å². The van der Waals surface area contributed by atoms with Crippen molar-refractivity contribution >= 4 is 26.9 Å². The predicted octanol–water partition coefficient (Wildman–Crippen LogP) is 4.07. The first-order chi connectivity index (χ1) is 8.52. The van der Waals surface area contributed by atoms with Gasteiger partial charge in [-0.25, -0.2) is 0 Å². The second-order valence-corrected chi connectivity index (χ2v) is 16.0. The topological polar surface area (TPSA) is 18.5 Å². The Kier molecular flexibility index (Phi) is 8.96. The Morgan fingerprint density at radius 1 is 0.722 bits per heavy atom. The molecule has 18 heavy (non-hydrogen) atoms. The van der Waals surface area contributed by atoms with Crippen molar-refractivity contribution in [2.45, 2.75) is 70.5 Å². The van der Waals surface area contributed by atoms with Crippen molar-refractivity contribution in [3.05, 3.63) is 0 Å². The van der Waals surface area contributed by atoms with Crippen molar-refractivity contribution in [3.63, 3.8) is 0 Å². The molecule has 0 aliphatic heterocycles. The van der Waals surface area contributed by atoms with Crippen LogP contribution in [-0.4, -0.2) is 40.1 Å². The van der Waals surface area contributed by atoms with E-state index in [2.05, 4.69) is 51.8 Å². The van der Waals surface area contributed by atoms with E-state index in [9.17, 15) is 0 Å². The fourth-order valence-corrected chi connectivity index (χ4v) is 17.6. The molecule has 107 valence electrons. The van der Waals surface area contributed by atoms with Crippen LogP contribution in [0.15, 0.2) is 0 Å². The third-order valence-corrected chi connectivity index (χ3v) is 19.2. The minimum absolute atomic E-state index is 0.495. The largest absolute Gasteiger partial charge is 0.417 e. The first kappa shape index (κ1) is 18.6. The smallest absolute Gasteiger partial charge is 0.191 e. The summed E-state index contributed by atoms with van der Waals surface area (Å²) in [4.78, 5) is 0.495. The summed E-state index contributed by atoms with van der Waals surface area (Å²) in [5, 5.41) is 0. The van der Waals surface area contributed by atoms with Crippen molar-refractivity contribution in [1.82, 2.24) is 0 Å². The summed E-state index contributed by atoms with van der Waals surface area (Å²) in [6, 6.07) is 4.70. The van der Waals surface area contributed by atoms with Gasteiger partial charge in [-0.3, -0.25) is 0 Å². The highest BCUT2D eigenvalue weighted by atomic mass is 28.4. The molecule has 0 saturated carbocycles. The lowest BCUT2D eigenvalue weighted by molar-refractivity contribution is 0.301. The summed E-state index contributed by atoms with van der Waals surface area (Å²) in [6.07, 6.45) is 0. The van der Waals surface area contributed by atoms with Crippen molar-refractivity contribution in [1.29, 1.82) is 0 Å². The molecule has 3 radical (unpaired) electrons. The highest BCUT2D eigenvalue weighted by molar-refractivity contribution is 7.00. The number of hydrogen-bond acceptors (Lipinski definition) is 2. The van der Waals surface area contributed by atoms with Crippen LogP contribution in [0, 0.1) is 0 Å². The van der Waals surface area contributed by atoms with Crippen LogP contribution in [0.25, 0.3) is 0 Å². The van der Waals surface area contributed by atoms with Crippen molar-refractivity contribution in [3.8, 4) is 0 Å². The maximum Gasteiger partial charge on any atom is 0.191 e. The summed E-state index contributed by atoms with van der Waals surface area (Å²) < 4.78 is 12.6. The molecule has 0 amide bonds. The van der Waals surface area contributed by atoms with Crippen LogP contribution >= 0.6 is 0 Å². The van der Waals surface area contributed by atoms with Gasteiger partial charge in [-0.2, -0.15) is 0 Å². The molecule has 0 aliphatic carbocycles. The highest BCUT2D eigenvalue weighted by Gasteiger charge is 2.50. The Hall–Kier alpha value is 0.571. The van der Waals surface area contributed by atoms with E-state index >= 15 is 0 Å². The van der Waals surface area contributed by atoms with Crippen LogP contribution in [0.5, 0.6) is 0 Å². The lowest BCUT2D eigenvalue weighted by atomic mass is 10.9. The second-order valence-electron chi connectivity index (χ2n) is 4.84. The Balaban J connectivity index is 5.28. The molecule has 0 aromatic heterocycles. The van der Waals surface area contributed by atoms with Gasteiger partial charge in [0.2, 0.25) is 0 Å². The maximum atomic E-state index is 6.29. The van der Waals surface area contributed by atoms with Crippen LogP contribution in [0.3, 0.4) is 0 Å². The van der Waals surface area contributed by atoms with Gasteiger partial charge >= 0.3 is 0 Å². The minimum atomic E-state index is -1.71. The second kappa shape index (κ2) is 8.68. The summed E-state index contributed by atoms with van der Waals surface area (Å²) in [5.74, 6) is 0. The lowest BCUT2D eigenvalue weighted by Crippen LogP contribution is -2.57. The first-order valence-corrected chi connectivity index (χ1v) is 12.9. The van der Waals surface area contributed by atoms with Crippen molar-refractivity contribution in [2.24, 2.45) is 0 Å². The van der Waals surface area contributed by atoms with Crippen LogP contribution in [0.2, 0.25) is 29.0 Å². The van der Waals surface area contributed by atoms with Gasteiger partial charge in [0.1, 0.15) is 0 Å². The molecule has 0 atom stereocenters. The van der Waals surface area contributed by atoms with Gasteiger partial charge < -0.3 is 8.85 Å². The predicted molar refractivity (Wildman–Crippen MR) is 86.2 cm³/mol. The summed E-state index contributed by atoms with van der Waals surface area (Å²) in [5.41, 5.74) is 0. The molecule has 0 aromatic rings. The molecule has 0 saturated heterocycles. The Labute approximate surface area is 120 Å². The molecule has 2 nitrogen and oxygen atoms in total. The zero-order chi connectivity index (χ0) is 14.2. The number of hydrogen-bond donors (Lipinski definition) is 0. The van der Waals surface area contributed by atoms with Crippen LogP contribution < -0.4 is 0 Å². The van der Waals surface area contributed by atoms with Gasteiger partial charge in [0.15, 0.2) is 16.6 Å². The quantitative estimate of drug-likeness (QED) is 0.567. The van der Waals surface area contributed by atoms with Gasteiger partial charge in [0.05, 0.1) is 0 Å². The molecule has 5 heteroatoms. The third kappa shape index (κ3) is 3.79. The van der Waals surface area contributed by atoms with E-state index < -0.39 is 16.6 Å². The highest BCUT2D eigenvalue weighted by Crippen LogP contribution is 2.40. The standard InChI is InChI=1S/C13H31O2Si3/c1-7-14-17(9-3,10-4)13(16)18(11-5,12-6)15-8-2/h13H,7-12H2,1-6H3. The summed E-state index contributed by atoms with van der Waals surface area (Å²) in [7, 11) is 0.679. The average molecular weight is 304 g/mol. The molecule has 0 N–H and O–H groups in total. The van der Waals surface area contributed by atoms with Crippen molar-refractivity contribution in [2.75, 3.05) is 13.2 Å². The SMILES string of the molecule is CCO[Si](CC)(CC)C([Si])[Si](CC)(CC)OCC. The molecule has 0 heterocycles. The van der Waals surface area contributed by atoms with E-state index in [1.165, 1.54) is 24.2 Å². The zero-order valence-corrected chi connectivity index (χ0v) is 16.1. The Morgan fingerprint density at radius 2 is 1.00 bits per heavy atom. The Morgan fingerprint density at radius 3 is 1.17 bits per heavy atom. The normalized spacial score (nSPS) is 13.3. The van der Waals surface area contributed by atoms with Crippen LogP contribution in [-0.2, 0) is 8.85 Å². The molecule has 0 bridgehead atoms. The molecule has 0 aliphatic rings. The maximum absolute atomic E-state index is 6.29. The molecule has 0 spiro atoms. The van der Waals surface area contributed by atoms with Crippen LogP contribution in [0.1, 0.15) is 41.5 Å². The summed E-state index contributed by atoms with van der Waals surface area (Å²) in [6.45, 7) is 15.0.